The lowest BCUT2D eigenvalue weighted by atomic mass is 10.1. The van der Waals surface area contributed by atoms with Crippen LogP contribution in [-0.2, 0) is 0 Å². The monoisotopic (exact) mass is 250 g/mol. The van der Waals surface area contributed by atoms with Gasteiger partial charge in [-0.1, -0.05) is 46.3 Å². The summed E-state index contributed by atoms with van der Waals surface area (Å²) < 4.78 is 13.8. The molecule has 0 aliphatic rings. The van der Waals surface area contributed by atoms with Gasteiger partial charge in [0.25, 0.3) is 0 Å². The van der Waals surface area contributed by atoms with Crippen molar-refractivity contribution in [3.8, 4) is 11.1 Å². The van der Waals surface area contributed by atoms with Crippen molar-refractivity contribution in [3.63, 3.8) is 0 Å². The Morgan fingerprint density at radius 1 is 0.857 bits per heavy atom. The molecule has 0 atom stereocenters. The number of rotatable bonds is 1. The average molecular weight is 251 g/mol. The molecule has 14 heavy (non-hydrogen) atoms. The highest BCUT2D eigenvalue weighted by Gasteiger charge is 2.00. The van der Waals surface area contributed by atoms with Crippen molar-refractivity contribution in [2.24, 2.45) is 0 Å². The molecule has 0 aromatic heterocycles. The van der Waals surface area contributed by atoms with Crippen LogP contribution >= 0.6 is 15.9 Å². The zero-order valence-electron chi connectivity index (χ0n) is 7.37. The smallest absolute Gasteiger partial charge is 0.124 e. The fourth-order valence-corrected chi connectivity index (χ4v) is 1.82. The van der Waals surface area contributed by atoms with E-state index in [0.717, 1.165) is 15.6 Å². The van der Waals surface area contributed by atoms with E-state index in [4.69, 9.17) is 0 Å². The summed E-state index contributed by atoms with van der Waals surface area (Å²) in [5, 5.41) is 0. The normalized spacial score (nSPS) is 10.1. The molecular weight excluding hydrogens is 243 g/mol. The lowest BCUT2D eigenvalue weighted by Gasteiger charge is -2.02. The molecule has 0 aliphatic heterocycles. The predicted octanol–water partition coefficient (Wildman–Crippen LogP) is 4.26. The summed E-state index contributed by atoms with van der Waals surface area (Å²) in [6.45, 7) is 0. The summed E-state index contributed by atoms with van der Waals surface area (Å²) in [7, 11) is 0. The number of hydrogen-bond acceptors (Lipinski definition) is 0. The minimum atomic E-state index is -0.224. The Balaban J connectivity index is 2.52. The number of benzene rings is 2. The van der Waals surface area contributed by atoms with E-state index in [2.05, 4.69) is 15.9 Å². The summed E-state index contributed by atoms with van der Waals surface area (Å²) >= 11 is 3.27. The van der Waals surface area contributed by atoms with Crippen LogP contribution in [0.15, 0.2) is 53.0 Å². The molecule has 0 saturated carbocycles. The standard InChI is InChI=1S/C12H8BrF/c13-11-6-10(7-12(14)8-11)9-4-2-1-3-5-9/h1-8H. The highest BCUT2D eigenvalue weighted by molar-refractivity contribution is 9.10. The summed E-state index contributed by atoms with van der Waals surface area (Å²) in [6.07, 6.45) is 0. The van der Waals surface area contributed by atoms with Gasteiger partial charge in [0.2, 0.25) is 0 Å². The van der Waals surface area contributed by atoms with Gasteiger partial charge in [-0.3, -0.25) is 0 Å². The molecule has 0 heterocycles. The van der Waals surface area contributed by atoms with Crippen LogP contribution < -0.4 is 0 Å². The van der Waals surface area contributed by atoms with Gasteiger partial charge in [0.05, 0.1) is 0 Å². The Morgan fingerprint density at radius 3 is 2.21 bits per heavy atom. The molecule has 0 unspecified atom stereocenters. The van der Waals surface area contributed by atoms with Gasteiger partial charge in [0, 0.05) is 4.47 Å². The van der Waals surface area contributed by atoms with Crippen molar-refractivity contribution in [2.75, 3.05) is 0 Å². The molecule has 0 spiro atoms. The number of hydrogen-bond donors (Lipinski definition) is 0. The lowest BCUT2D eigenvalue weighted by molar-refractivity contribution is 0.627. The Labute approximate surface area is 90.5 Å². The lowest BCUT2D eigenvalue weighted by Crippen LogP contribution is -1.80. The molecule has 0 saturated heterocycles. The first-order chi connectivity index (χ1) is 6.75. The highest BCUT2D eigenvalue weighted by Crippen LogP contribution is 2.24. The Hall–Kier alpha value is -1.15. The van der Waals surface area contributed by atoms with E-state index in [1.807, 2.05) is 36.4 Å². The Bertz CT molecular complexity index is 417. The van der Waals surface area contributed by atoms with Gasteiger partial charge >= 0.3 is 0 Å². The molecule has 2 rings (SSSR count). The van der Waals surface area contributed by atoms with Crippen molar-refractivity contribution in [3.05, 3.63) is 58.8 Å². The summed E-state index contributed by atoms with van der Waals surface area (Å²) in [5.74, 6) is -0.224. The molecular formula is C12H8BrF. The minimum Gasteiger partial charge on any atom is -0.207 e. The van der Waals surface area contributed by atoms with Gasteiger partial charge < -0.3 is 0 Å². The van der Waals surface area contributed by atoms with Crippen LogP contribution in [0.2, 0.25) is 0 Å². The zero-order chi connectivity index (χ0) is 9.97. The first-order valence-corrected chi connectivity index (χ1v) is 5.06. The largest absolute Gasteiger partial charge is 0.207 e. The van der Waals surface area contributed by atoms with Crippen LogP contribution in [0.25, 0.3) is 11.1 Å². The second-order valence-corrected chi connectivity index (χ2v) is 3.94. The third kappa shape index (κ3) is 2.02. The van der Waals surface area contributed by atoms with Crippen LogP contribution in [0.1, 0.15) is 0 Å². The van der Waals surface area contributed by atoms with Crippen molar-refractivity contribution in [1.29, 1.82) is 0 Å². The minimum absolute atomic E-state index is 0.224. The van der Waals surface area contributed by atoms with Crippen molar-refractivity contribution in [1.82, 2.24) is 0 Å². The van der Waals surface area contributed by atoms with E-state index in [9.17, 15) is 4.39 Å². The third-order valence-corrected chi connectivity index (χ3v) is 2.43. The van der Waals surface area contributed by atoms with Gasteiger partial charge in [0.1, 0.15) is 5.82 Å². The van der Waals surface area contributed by atoms with Crippen LogP contribution in [0.5, 0.6) is 0 Å². The van der Waals surface area contributed by atoms with Gasteiger partial charge in [0.15, 0.2) is 0 Å². The molecule has 0 radical (unpaired) electrons. The van der Waals surface area contributed by atoms with Crippen molar-refractivity contribution in [2.45, 2.75) is 0 Å². The van der Waals surface area contributed by atoms with Gasteiger partial charge in [-0.15, -0.1) is 0 Å². The molecule has 70 valence electrons. The van der Waals surface area contributed by atoms with Crippen LogP contribution in [-0.4, -0.2) is 0 Å². The van der Waals surface area contributed by atoms with E-state index in [-0.39, 0.29) is 5.82 Å². The first kappa shape index (κ1) is 9.41. The molecule has 0 nitrogen and oxygen atoms in total. The molecule has 0 N–H and O–H groups in total. The number of halogens is 2. The van der Waals surface area contributed by atoms with Gasteiger partial charge in [-0.25, -0.2) is 4.39 Å². The molecule has 2 heteroatoms. The second kappa shape index (κ2) is 3.93. The van der Waals surface area contributed by atoms with E-state index < -0.39 is 0 Å². The van der Waals surface area contributed by atoms with Crippen LogP contribution in [0.3, 0.4) is 0 Å². The van der Waals surface area contributed by atoms with Crippen molar-refractivity contribution < 1.29 is 4.39 Å². The van der Waals surface area contributed by atoms with Crippen LogP contribution in [0, 0.1) is 5.82 Å². The second-order valence-electron chi connectivity index (χ2n) is 3.02. The molecule has 0 bridgehead atoms. The molecule has 2 aromatic rings. The Morgan fingerprint density at radius 2 is 1.57 bits per heavy atom. The van der Waals surface area contributed by atoms with E-state index >= 15 is 0 Å². The van der Waals surface area contributed by atoms with Crippen LogP contribution in [0.4, 0.5) is 4.39 Å². The molecule has 0 amide bonds. The Kier molecular flexibility index (Phi) is 2.64. The maximum absolute atomic E-state index is 13.1. The van der Waals surface area contributed by atoms with Gasteiger partial charge in [-0.2, -0.15) is 0 Å². The highest BCUT2D eigenvalue weighted by atomic mass is 79.9. The maximum atomic E-state index is 13.1. The van der Waals surface area contributed by atoms with E-state index in [0.29, 0.717) is 0 Å². The third-order valence-electron chi connectivity index (χ3n) is 1.97. The quantitative estimate of drug-likeness (QED) is 0.710. The summed E-state index contributed by atoms with van der Waals surface area (Å²) in [6, 6.07) is 14.6. The zero-order valence-corrected chi connectivity index (χ0v) is 8.96. The summed E-state index contributed by atoms with van der Waals surface area (Å²) in [5.41, 5.74) is 1.91. The topological polar surface area (TPSA) is 0 Å². The fraction of sp³-hybridized carbons (Fsp3) is 0. The molecule has 2 aromatic carbocycles. The fourth-order valence-electron chi connectivity index (χ4n) is 1.35. The maximum Gasteiger partial charge on any atom is 0.124 e. The SMILES string of the molecule is Fc1cc(Br)cc(-c2ccccc2)c1. The van der Waals surface area contributed by atoms with E-state index in [1.54, 1.807) is 0 Å². The average Bonchev–Trinajstić information content (AvgIpc) is 2.18. The molecule has 0 aliphatic carbocycles. The van der Waals surface area contributed by atoms with E-state index in [1.165, 1.54) is 12.1 Å². The molecule has 0 fully saturated rings. The van der Waals surface area contributed by atoms with Gasteiger partial charge in [-0.05, 0) is 29.3 Å². The first-order valence-electron chi connectivity index (χ1n) is 4.27. The predicted molar refractivity (Wildman–Crippen MR) is 59.5 cm³/mol. The summed E-state index contributed by atoms with van der Waals surface area (Å²) in [4.78, 5) is 0. The van der Waals surface area contributed by atoms with Crippen molar-refractivity contribution >= 4 is 15.9 Å².